The van der Waals surface area contributed by atoms with Crippen LogP contribution in [0.5, 0.6) is 11.5 Å². The van der Waals surface area contributed by atoms with Gasteiger partial charge in [-0.05, 0) is 100.0 Å². The van der Waals surface area contributed by atoms with E-state index < -0.39 is 0 Å². The van der Waals surface area contributed by atoms with Crippen molar-refractivity contribution < 1.29 is 9.47 Å². The Kier molecular flexibility index (Phi) is 8.26. The average Bonchev–Trinajstić information content (AvgIpc) is 3.01. The number of hydrogen-bond donors (Lipinski definition) is 0. The topological polar surface area (TPSA) is 21.7 Å². The molecule has 0 radical (unpaired) electrons. The zero-order valence-electron chi connectivity index (χ0n) is 24.5. The molecule has 0 unspecified atom stereocenters. The summed E-state index contributed by atoms with van der Waals surface area (Å²) in [6, 6.07) is 44.5. The summed E-state index contributed by atoms with van der Waals surface area (Å²) in [4.78, 5) is 2.23. The van der Waals surface area contributed by atoms with Crippen LogP contribution < -0.4 is 14.4 Å². The highest BCUT2D eigenvalue weighted by molar-refractivity contribution is 5.92. The summed E-state index contributed by atoms with van der Waals surface area (Å²) < 4.78 is 10.8. The van der Waals surface area contributed by atoms with Gasteiger partial charge >= 0.3 is 0 Å². The van der Waals surface area contributed by atoms with E-state index in [1.165, 1.54) is 22.3 Å². The highest BCUT2D eigenvalue weighted by Gasteiger charge is 2.15. The van der Waals surface area contributed by atoms with Crippen LogP contribution in [0.1, 0.15) is 43.0 Å². The van der Waals surface area contributed by atoms with Crippen molar-refractivity contribution in [2.24, 2.45) is 0 Å². The van der Waals surface area contributed by atoms with Gasteiger partial charge in [-0.25, -0.2) is 0 Å². The molecule has 0 heterocycles. The lowest BCUT2D eigenvalue weighted by Gasteiger charge is -2.26. The van der Waals surface area contributed by atoms with E-state index >= 15 is 0 Å². The number of anilines is 3. The van der Waals surface area contributed by atoms with Crippen molar-refractivity contribution in [3.05, 3.63) is 150 Å². The van der Waals surface area contributed by atoms with Crippen LogP contribution in [-0.2, 0) is 5.41 Å². The summed E-state index contributed by atoms with van der Waals surface area (Å²) in [5.74, 6) is 1.65. The van der Waals surface area contributed by atoms with Crippen LogP contribution in [-0.4, -0.2) is 14.2 Å². The Labute approximate surface area is 244 Å². The predicted octanol–water partition coefficient (Wildman–Crippen LogP) is 10.1. The highest BCUT2D eigenvalue weighted by atomic mass is 16.5. The molecule has 41 heavy (non-hydrogen) atoms. The standard InChI is InChI=1S/C38H37NO2/c1-38(2,3)31-15-13-30(14-16-31)37(29-9-7-6-8-10-29)27-28-11-17-32(18-12-28)39(33-19-23-35(40-4)24-20-33)34-21-25-36(41-5)26-22-34/h6-27H,1-5H3/b37-27+. The zero-order chi connectivity index (χ0) is 28.8. The second-order valence-electron chi connectivity index (χ2n) is 11.1. The Morgan fingerprint density at radius 2 is 0.976 bits per heavy atom. The van der Waals surface area contributed by atoms with E-state index in [0.29, 0.717) is 0 Å². The molecule has 5 rings (SSSR count). The van der Waals surface area contributed by atoms with Crippen molar-refractivity contribution in [3.8, 4) is 11.5 Å². The van der Waals surface area contributed by atoms with Gasteiger partial charge < -0.3 is 14.4 Å². The van der Waals surface area contributed by atoms with Gasteiger partial charge in [0.25, 0.3) is 0 Å². The summed E-state index contributed by atoms with van der Waals surface area (Å²) in [5, 5.41) is 0. The Morgan fingerprint density at radius 3 is 1.41 bits per heavy atom. The van der Waals surface area contributed by atoms with Gasteiger partial charge in [0.2, 0.25) is 0 Å². The summed E-state index contributed by atoms with van der Waals surface area (Å²) in [6.07, 6.45) is 2.27. The van der Waals surface area contributed by atoms with Crippen LogP contribution in [0.15, 0.2) is 127 Å². The number of rotatable bonds is 8. The lowest BCUT2D eigenvalue weighted by atomic mass is 9.85. The molecule has 0 aliphatic carbocycles. The Bertz CT molecular complexity index is 1530. The molecule has 3 nitrogen and oxygen atoms in total. The Balaban J connectivity index is 1.53. The molecule has 0 amide bonds. The molecular formula is C38H37NO2. The van der Waals surface area contributed by atoms with E-state index in [9.17, 15) is 0 Å². The minimum Gasteiger partial charge on any atom is -0.497 e. The number of nitrogens with zero attached hydrogens (tertiary/aromatic N) is 1. The molecular weight excluding hydrogens is 502 g/mol. The molecule has 0 saturated heterocycles. The van der Waals surface area contributed by atoms with Gasteiger partial charge in [0.1, 0.15) is 11.5 Å². The van der Waals surface area contributed by atoms with Crippen molar-refractivity contribution >= 4 is 28.7 Å². The first-order chi connectivity index (χ1) is 19.9. The van der Waals surface area contributed by atoms with Gasteiger partial charge in [-0.3, -0.25) is 0 Å². The maximum Gasteiger partial charge on any atom is 0.119 e. The Morgan fingerprint density at radius 1 is 0.537 bits per heavy atom. The Hall–Kier alpha value is -4.76. The second-order valence-corrected chi connectivity index (χ2v) is 11.1. The SMILES string of the molecule is COc1ccc(N(c2ccc(/C=C(\c3ccccc3)c3ccc(C(C)(C)C)cc3)cc2)c2ccc(OC)cc2)cc1. The minimum atomic E-state index is 0.116. The van der Waals surface area contributed by atoms with Crippen LogP contribution in [0.25, 0.3) is 11.6 Å². The first-order valence-electron chi connectivity index (χ1n) is 13.9. The van der Waals surface area contributed by atoms with Crippen molar-refractivity contribution in [3.63, 3.8) is 0 Å². The van der Waals surface area contributed by atoms with Gasteiger partial charge in [-0.2, -0.15) is 0 Å². The largest absolute Gasteiger partial charge is 0.497 e. The molecule has 0 N–H and O–H groups in total. The molecule has 3 heteroatoms. The molecule has 0 bridgehead atoms. The van der Waals surface area contributed by atoms with Crippen LogP contribution in [0.2, 0.25) is 0 Å². The maximum atomic E-state index is 5.40. The number of ether oxygens (including phenoxy) is 2. The quantitative estimate of drug-likeness (QED) is 0.183. The fourth-order valence-electron chi connectivity index (χ4n) is 4.90. The monoisotopic (exact) mass is 539 g/mol. The number of hydrogen-bond acceptors (Lipinski definition) is 3. The van der Waals surface area contributed by atoms with E-state index in [4.69, 9.17) is 9.47 Å². The van der Waals surface area contributed by atoms with E-state index in [1.54, 1.807) is 14.2 Å². The molecule has 206 valence electrons. The fourth-order valence-corrected chi connectivity index (χ4v) is 4.90. The van der Waals surface area contributed by atoms with Crippen LogP contribution >= 0.6 is 0 Å². The molecule has 5 aromatic carbocycles. The maximum absolute atomic E-state index is 5.40. The normalized spacial score (nSPS) is 11.7. The zero-order valence-corrected chi connectivity index (χ0v) is 24.5. The fraction of sp³-hybridized carbons (Fsp3) is 0.158. The third-order valence-corrected chi connectivity index (χ3v) is 7.27. The van der Waals surface area contributed by atoms with E-state index in [1.807, 2.05) is 24.3 Å². The molecule has 0 saturated carbocycles. The molecule has 0 fully saturated rings. The van der Waals surface area contributed by atoms with Crippen molar-refractivity contribution in [2.45, 2.75) is 26.2 Å². The molecule has 0 aromatic heterocycles. The predicted molar refractivity (Wildman–Crippen MR) is 173 cm³/mol. The van der Waals surface area contributed by atoms with Crippen molar-refractivity contribution in [2.75, 3.05) is 19.1 Å². The van der Waals surface area contributed by atoms with Crippen LogP contribution in [0, 0.1) is 0 Å². The van der Waals surface area contributed by atoms with Gasteiger partial charge in [0, 0.05) is 17.1 Å². The van der Waals surface area contributed by atoms with Crippen molar-refractivity contribution in [1.29, 1.82) is 0 Å². The molecule has 0 aliphatic rings. The highest BCUT2D eigenvalue weighted by Crippen LogP contribution is 2.37. The minimum absolute atomic E-state index is 0.116. The van der Waals surface area contributed by atoms with Gasteiger partial charge in [0.15, 0.2) is 0 Å². The summed E-state index contributed by atoms with van der Waals surface area (Å²) in [7, 11) is 3.37. The molecule has 0 spiro atoms. The van der Waals surface area contributed by atoms with E-state index in [-0.39, 0.29) is 5.41 Å². The average molecular weight is 540 g/mol. The molecule has 0 atom stereocenters. The summed E-state index contributed by atoms with van der Waals surface area (Å²) in [5.41, 5.74) is 9.32. The first-order valence-corrected chi connectivity index (χ1v) is 13.9. The van der Waals surface area contributed by atoms with Gasteiger partial charge in [-0.15, -0.1) is 0 Å². The first kappa shape index (κ1) is 27.8. The van der Waals surface area contributed by atoms with E-state index in [0.717, 1.165) is 34.1 Å². The molecule has 0 aliphatic heterocycles. The van der Waals surface area contributed by atoms with Crippen LogP contribution in [0.4, 0.5) is 17.1 Å². The van der Waals surface area contributed by atoms with Gasteiger partial charge in [-0.1, -0.05) is 87.5 Å². The third-order valence-electron chi connectivity index (χ3n) is 7.27. The van der Waals surface area contributed by atoms with Gasteiger partial charge in [0.05, 0.1) is 14.2 Å². The summed E-state index contributed by atoms with van der Waals surface area (Å²) >= 11 is 0. The van der Waals surface area contributed by atoms with Crippen LogP contribution in [0.3, 0.4) is 0 Å². The third kappa shape index (κ3) is 6.53. The number of benzene rings is 5. The lowest BCUT2D eigenvalue weighted by Crippen LogP contribution is -2.10. The van der Waals surface area contributed by atoms with E-state index in [2.05, 4.69) is 135 Å². The van der Waals surface area contributed by atoms with Crippen molar-refractivity contribution in [1.82, 2.24) is 0 Å². The number of methoxy groups -OCH3 is 2. The molecule has 5 aromatic rings. The lowest BCUT2D eigenvalue weighted by molar-refractivity contribution is 0.415. The summed E-state index contributed by atoms with van der Waals surface area (Å²) in [6.45, 7) is 6.75. The smallest absolute Gasteiger partial charge is 0.119 e. The second kappa shape index (κ2) is 12.2.